The van der Waals surface area contributed by atoms with Gasteiger partial charge >= 0.3 is 0 Å². The minimum atomic E-state index is -3.66. The molecular formula is C8H9ClN2O3S2. The number of aromatic nitrogens is 1. The Hall–Kier alpha value is -0.660. The zero-order valence-electron chi connectivity index (χ0n) is 8.17. The molecule has 1 saturated heterocycles. The van der Waals surface area contributed by atoms with Crippen molar-refractivity contribution in [3.63, 3.8) is 0 Å². The summed E-state index contributed by atoms with van der Waals surface area (Å²) in [6.45, 7) is 0.507. The molecule has 8 heteroatoms. The first kappa shape index (κ1) is 11.8. The predicted molar refractivity (Wildman–Crippen MR) is 60.7 cm³/mol. The molecule has 1 aromatic rings. The van der Waals surface area contributed by atoms with Gasteiger partial charge in [-0.2, -0.15) is 0 Å². The van der Waals surface area contributed by atoms with E-state index < -0.39 is 14.3 Å². The monoisotopic (exact) mass is 280 g/mol. The summed E-state index contributed by atoms with van der Waals surface area (Å²) in [6, 6.07) is 0. The van der Waals surface area contributed by atoms with Crippen molar-refractivity contribution in [1.82, 2.24) is 9.88 Å². The van der Waals surface area contributed by atoms with Crippen LogP contribution >= 0.6 is 22.0 Å². The largest absolute Gasteiger partial charge is 0.335 e. The molecule has 0 saturated carbocycles. The number of hydrogen-bond acceptors (Lipinski definition) is 5. The Labute approximate surface area is 101 Å². The van der Waals surface area contributed by atoms with Crippen molar-refractivity contribution >= 4 is 37.0 Å². The normalized spacial score (nSPS) is 21.7. The lowest BCUT2D eigenvalue weighted by Crippen LogP contribution is -2.26. The van der Waals surface area contributed by atoms with Gasteiger partial charge in [-0.1, -0.05) is 0 Å². The standard InChI is InChI=1S/C8H9ClN2O3S2/c9-16(13,14)7-1-8(12)11(3-7)2-6-4-15-5-10-6/h4-5,7H,1-3H2. The van der Waals surface area contributed by atoms with Gasteiger partial charge in [0.2, 0.25) is 15.0 Å². The van der Waals surface area contributed by atoms with Gasteiger partial charge in [0.1, 0.15) is 5.25 Å². The van der Waals surface area contributed by atoms with E-state index in [1.54, 1.807) is 5.51 Å². The minimum absolute atomic E-state index is 0.0318. The van der Waals surface area contributed by atoms with Gasteiger partial charge in [0.05, 0.1) is 17.7 Å². The van der Waals surface area contributed by atoms with E-state index >= 15 is 0 Å². The average molecular weight is 281 g/mol. The SMILES string of the molecule is O=C1CC(S(=O)(=O)Cl)CN1Cc1cscn1. The Morgan fingerprint density at radius 1 is 1.62 bits per heavy atom. The van der Waals surface area contributed by atoms with Crippen molar-refractivity contribution in [2.24, 2.45) is 0 Å². The molecule has 1 aliphatic rings. The molecule has 2 heterocycles. The van der Waals surface area contributed by atoms with E-state index in [4.69, 9.17) is 10.7 Å². The fourth-order valence-electron chi connectivity index (χ4n) is 1.59. The number of amides is 1. The summed E-state index contributed by atoms with van der Waals surface area (Å²) in [5.41, 5.74) is 2.44. The maximum absolute atomic E-state index is 11.5. The molecular weight excluding hydrogens is 272 g/mol. The van der Waals surface area contributed by atoms with Crippen LogP contribution in [0.2, 0.25) is 0 Å². The molecule has 1 fully saturated rings. The van der Waals surface area contributed by atoms with Crippen LogP contribution in [0.15, 0.2) is 10.9 Å². The molecule has 0 aliphatic carbocycles. The van der Waals surface area contributed by atoms with Crippen LogP contribution < -0.4 is 0 Å². The smallest absolute Gasteiger partial charge is 0.237 e. The van der Waals surface area contributed by atoms with E-state index in [2.05, 4.69) is 4.98 Å². The van der Waals surface area contributed by atoms with Crippen LogP contribution in [0.4, 0.5) is 0 Å². The molecule has 5 nitrogen and oxygen atoms in total. The molecule has 0 radical (unpaired) electrons. The summed E-state index contributed by atoms with van der Waals surface area (Å²) in [4.78, 5) is 17.1. The molecule has 0 bridgehead atoms. The number of likely N-dealkylation sites (tertiary alicyclic amines) is 1. The molecule has 2 rings (SSSR count). The van der Waals surface area contributed by atoms with E-state index in [9.17, 15) is 13.2 Å². The summed E-state index contributed by atoms with van der Waals surface area (Å²) in [5.74, 6) is -0.192. The highest BCUT2D eigenvalue weighted by molar-refractivity contribution is 8.14. The molecule has 16 heavy (non-hydrogen) atoms. The molecule has 1 unspecified atom stereocenters. The first-order valence-electron chi connectivity index (χ1n) is 4.55. The van der Waals surface area contributed by atoms with E-state index in [1.807, 2.05) is 5.38 Å². The second-order valence-corrected chi connectivity index (χ2v) is 7.18. The summed E-state index contributed by atoms with van der Waals surface area (Å²) in [7, 11) is 1.58. The fourth-order valence-corrected chi connectivity index (χ4v) is 3.20. The molecule has 1 aliphatic heterocycles. The third-order valence-electron chi connectivity index (χ3n) is 2.41. The highest BCUT2D eigenvalue weighted by Gasteiger charge is 2.37. The lowest BCUT2D eigenvalue weighted by molar-refractivity contribution is -0.128. The van der Waals surface area contributed by atoms with Crippen molar-refractivity contribution in [1.29, 1.82) is 0 Å². The Morgan fingerprint density at radius 3 is 2.88 bits per heavy atom. The summed E-state index contributed by atoms with van der Waals surface area (Å²) in [6.07, 6.45) is -0.0318. The zero-order valence-corrected chi connectivity index (χ0v) is 10.6. The molecule has 88 valence electrons. The van der Waals surface area contributed by atoms with Gasteiger partial charge in [-0.3, -0.25) is 4.79 Å². The van der Waals surface area contributed by atoms with Crippen LogP contribution in [0.25, 0.3) is 0 Å². The molecule has 1 amide bonds. The number of rotatable bonds is 3. The van der Waals surface area contributed by atoms with E-state index in [1.165, 1.54) is 16.2 Å². The summed E-state index contributed by atoms with van der Waals surface area (Å²) >= 11 is 1.44. The fraction of sp³-hybridized carbons (Fsp3) is 0.500. The van der Waals surface area contributed by atoms with Crippen LogP contribution in [0, 0.1) is 0 Å². The number of hydrogen-bond donors (Lipinski definition) is 0. The van der Waals surface area contributed by atoms with Crippen molar-refractivity contribution in [2.45, 2.75) is 18.2 Å². The van der Waals surface area contributed by atoms with Crippen molar-refractivity contribution in [3.8, 4) is 0 Å². The van der Waals surface area contributed by atoms with Crippen LogP contribution in [-0.4, -0.2) is 36.0 Å². The van der Waals surface area contributed by atoms with E-state index in [0.29, 0.717) is 6.54 Å². The lowest BCUT2D eigenvalue weighted by Gasteiger charge is -2.13. The van der Waals surface area contributed by atoms with Crippen LogP contribution in [0.1, 0.15) is 12.1 Å². The van der Waals surface area contributed by atoms with E-state index in [0.717, 1.165) is 5.69 Å². The van der Waals surface area contributed by atoms with Gasteiger partial charge in [-0.25, -0.2) is 13.4 Å². The second kappa shape index (κ2) is 4.31. The quantitative estimate of drug-likeness (QED) is 0.769. The Morgan fingerprint density at radius 2 is 2.38 bits per heavy atom. The van der Waals surface area contributed by atoms with Gasteiger partial charge in [-0.15, -0.1) is 11.3 Å². The highest BCUT2D eigenvalue weighted by atomic mass is 35.7. The van der Waals surface area contributed by atoms with Crippen LogP contribution in [0.3, 0.4) is 0 Å². The first-order chi connectivity index (χ1) is 7.47. The zero-order chi connectivity index (χ0) is 11.8. The van der Waals surface area contributed by atoms with Gasteiger partial charge in [0.25, 0.3) is 0 Å². The van der Waals surface area contributed by atoms with Gasteiger partial charge < -0.3 is 4.90 Å². The Bertz CT molecular complexity index is 485. The van der Waals surface area contributed by atoms with Crippen LogP contribution in [-0.2, 0) is 20.4 Å². The number of thiazole rings is 1. The highest BCUT2D eigenvalue weighted by Crippen LogP contribution is 2.22. The van der Waals surface area contributed by atoms with Gasteiger partial charge in [0, 0.05) is 29.0 Å². The number of carbonyl (C=O) groups excluding carboxylic acids is 1. The van der Waals surface area contributed by atoms with E-state index in [-0.39, 0.29) is 18.9 Å². The minimum Gasteiger partial charge on any atom is -0.335 e. The molecule has 0 N–H and O–H groups in total. The molecule has 0 spiro atoms. The molecule has 0 aromatic carbocycles. The maximum Gasteiger partial charge on any atom is 0.237 e. The number of nitrogens with zero attached hydrogens (tertiary/aromatic N) is 2. The number of carbonyl (C=O) groups is 1. The van der Waals surface area contributed by atoms with Gasteiger partial charge in [0.15, 0.2) is 0 Å². The maximum atomic E-state index is 11.5. The predicted octanol–water partition coefficient (Wildman–Crippen LogP) is 0.813. The molecule has 1 aromatic heterocycles. The Balaban J connectivity index is 2.06. The lowest BCUT2D eigenvalue weighted by atomic mass is 10.4. The summed E-state index contributed by atoms with van der Waals surface area (Å²) in [5, 5.41) is 1.04. The average Bonchev–Trinajstić information content (AvgIpc) is 2.76. The topological polar surface area (TPSA) is 67.3 Å². The third kappa shape index (κ3) is 2.53. The van der Waals surface area contributed by atoms with Crippen LogP contribution in [0.5, 0.6) is 0 Å². The van der Waals surface area contributed by atoms with Crippen molar-refractivity contribution < 1.29 is 13.2 Å². The van der Waals surface area contributed by atoms with Crippen molar-refractivity contribution in [2.75, 3.05) is 6.54 Å². The third-order valence-corrected chi connectivity index (χ3v) is 4.92. The molecule has 1 atom stereocenters. The first-order valence-corrected chi connectivity index (χ1v) is 7.86. The van der Waals surface area contributed by atoms with Gasteiger partial charge in [-0.05, 0) is 0 Å². The number of halogens is 1. The van der Waals surface area contributed by atoms with Crippen molar-refractivity contribution in [3.05, 3.63) is 16.6 Å². The summed E-state index contributed by atoms with van der Waals surface area (Å²) < 4.78 is 22.2. The Kier molecular flexibility index (Phi) is 3.18. The second-order valence-electron chi connectivity index (χ2n) is 3.56.